The first-order valence-corrected chi connectivity index (χ1v) is 6.89. The number of hydrogen-bond acceptors (Lipinski definition) is 1. The fourth-order valence-corrected chi connectivity index (χ4v) is 1.75. The molecule has 0 bridgehead atoms. The maximum Gasteiger partial charge on any atom is 0.227 e. The van der Waals surface area contributed by atoms with E-state index in [4.69, 9.17) is 34.8 Å². The van der Waals surface area contributed by atoms with Crippen molar-refractivity contribution in [3.8, 4) is 0 Å². The summed E-state index contributed by atoms with van der Waals surface area (Å²) in [6, 6.07) is 5.17. The quantitative estimate of drug-likeness (QED) is 0.819. The third-order valence-corrected chi connectivity index (χ3v) is 4.15. The zero-order valence-corrected chi connectivity index (χ0v) is 12.8. The third-order valence-electron chi connectivity index (χ3n) is 2.74. The Morgan fingerprint density at radius 3 is 2.44 bits per heavy atom. The second-order valence-electron chi connectivity index (χ2n) is 4.89. The van der Waals surface area contributed by atoms with E-state index in [2.05, 4.69) is 5.32 Å². The van der Waals surface area contributed by atoms with Crippen LogP contribution < -0.4 is 5.32 Å². The number of carbonyl (C=O) groups is 1. The van der Waals surface area contributed by atoms with Gasteiger partial charge in [0.1, 0.15) is 0 Å². The lowest BCUT2D eigenvalue weighted by atomic mass is 9.94. The molecule has 2 nitrogen and oxygen atoms in total. The Hall–Kier alpha value is -0.440. The number of halogens is 3. The van der Waals surface area contributed by atoms with Crippen molar-refractivity contribution in [3.05, 3.63) is 33.8 Å². The fourth-order valence-electron chi connectivity index (χ4n) is 1.32. The molecule has 1 aromatic carbocycles. The number of alkyl halides is 1. The normalized spacial score (nSPS) is 13.2. The topological polar surface area (TPSA) is 29.1 Å². The molecule has 1 atom stereocenters. The molecule has 1 aromatic rings. The van der Waals surface area contributed by atoms with E-state index in [1.54, 1.807) is 26.0 Å². The van der Waals surface area contributed by atoms with Crippen LogP contribution in [0.25, 0.3) is 0 Å². The molecule has 100 valence electrons. The highest BCUT2D eigenvalue weighted by Crippen LogP contribution is 2.26. The highest BCUT2D eigenvalue weighted by atomic mass is 35.5. The van der Waals surface area contributed by atoms with Crippen molar-refractivity contribution in [3.63, 3.8) is 0 Å². The summed E-state index contributed by atoms with van der Waals surface area (Å²) in [4.78, 5) is 12.0. The van der Waals surface area contributed by atoms with Gasteiger partial charge in [0, 0.05) is 5.88 Å². The minimum Gasteiger partial charge on any atom is -0.349 e. The number of hydrogen-bond donors (Lipinski definition) is 1. The molecule has 18 heavy (non-hydrogen) atoms. The summed E-state index contributed by atoms with van der Waals surface area (Å²) >= 11 is 17.6. The molecule has 1 unspecified atom stereocenters. The number of rotatable bonds is 4. The van der Waals surface area contributed by atoms with Crippen LogP contribution in [-0.4, -0.2) is 11.8 Å². The first kappa shape index (κ1) is 15.6. The molecular weight excluding hydrogens is 293 g/mol. The van der Waals surface area contributed by atoms with Crippen LogP contribution in [0.2, 0.25) is 10.0 Å². The van der Waals surface area contributed by atoms with E-state index in [9.17, 15) is 4.79 Å². The number of benzene rings is 1. The van der Waals surface area contributed by atoms with Crippen molar-refractivity contribution in [2.24, 2.45) is 5.41 Å². The predicted octanol–water partition coefficient (Wildman–Crippen LogP) is 4.44. The zero-order valence-electron chi connectivity index (χ0n) is 10.6. The molecule has 1 rings (SSSR count). The van der Waals surface area contributed by atoms with E-state index in [1.165, 1.54) is 0 Å². The molecule has 0 aliphatic carbocycles. The van der Waals surface area contributed by atoms with Gasteiger partial charge < -0.3 is 5.32 Å². The van der Waals surface area contributed by atoms with Crippen LogP contribution in [-0.2, 0) is 4.79 Å². The second kappa shape index (κ2) is 6.14. The molecule has 1 N–H and O–H groups in total. The Morgan fingerprint density at radius 1 is 1.33 bits per heavy atom. The summed E-state index contributed by atoms with van der Waals surface area (Å²) in [5.41, 5.74) is 0.314. The summed E-state index contributed by atoms with van der Waals surface area (Å²) in [7, 11) is 0. The van der Waals surface area contributed by atoms with Crippen LogP contribution in [0.4, 0.5) is 0 Å². The van der Waals surface area contributed by atoms with Crippen molar-refractivity contribution < 1.29 is 4.79 Å². The van der Waals surface area contributed by atoms with Crippen molar-refractivity contribution in [1.82, 2.24) is 5.32 Å². The van der Waals surface area contributed by atoms with Gasteiger partial charge in [-0.3, -0.25) is 4.79 Å². The predicted molar refractivity (Wildman–Crippen MR) is 77.5 cm³/mol. The minimum absolute atomic E-state index is 0.0870. The van der Waals surface area contributed by atoms with Gasteiger partial charge in [-0.25, -0.2) is 0 Å². The van der Waals surface area contributed by atoms with E-state index in [0.717, 1.165) is 5.56 Å². The molecule has 5 heteroatoms. The Bertz CT molecular complexity index is 446. The van der Waals surface area contributed by atoms with Crippen LogP contribution in [0.5, 0.6) is 0 Å². The van der Waals surface area contributed by atoms with Gasteiger partial charge in [-0.05, 0) is 38.5 Å². The lowest BCUT2D eigenvalue weighted by Crippen LogP contribution is -2.39. The molecule has 0 aromatic heterocycles. The molecule has 0 aliphatic heterocycles. The molecular formula is C13H16Cl3NO. The van der Waals surface area contributed by atoms with Gasteiger partial charge in [-0.15, -0.1) is 11.6 Å². The summed E-state index contributed by atoms with van der Waals surface area (Å²) in [5, 5.41) is 3.89. The van der Waals surface area contributed by atoms with E-state index in [-0.39, 0.29) is 17.8 Å². The Kier molecular flexibility index (Phi) is 5.32. The summed E-state index contributed by atoms with van der Waals surface area (Å²) in [5.74, 6) is 0.184. The van der Waals surface area contributed by atoms with Crippen LogP contribution in [0.1, 0.15) is 32.4 Å². The van der Waals surface area contributed by atoms with Gasteiger partial charge in [-0.1, -0.05) is 29.3 Å². The standard InChI is InChI=1S/C13H16Cl3NO/c1-8(17-12(18)13(2,3)7-14)9-4-5-10(15)11(16)6-9/h4-6,8H,7H2,1-3H3,(H,17,18). The molecule has 0 spiro atoms. The third kappa shape index (κ3) is 3.78. The number of carbonyl (C=O) groups excluding carboxylic acids is 1. The fraction of sp³-hybridized carbons (Fsp3) is 0.462. The number of amides is 1. The van der Waals surface area contributed by atoms with Crippen LogP contribution in [0.15, 0.2) is 18.2 Å². The van der Waals surface area contributed by atoms with E-state index >= 15 is 0 Å². The van der Waals surface area contributed by atoms with Gasteiger partial charge >= 0.3 is 0 Å². The van der Waals surface area contributed by atoms with Gasteiger partial charge in [0.25, 0.3) is 0 Å². The molecule has 1 amide bonds. The van der Waals surface area contributed by atoms with Crippen molar-refractivity contribution >= 4 is 40.7 Å². The summed E-state index contributed by atoms with van der Waals surface area (Å²) in [6.45, 7) is 5.50. The number of nitrogens with one attached hydrogen (secondary N) is 1. The Labute approximate surface area is 123 Å². The average Bonchev–Trinajstić information content (AvgIpc) is 2.32. The highest BCUT2D eigenvalue weighted by molar-refractivity contribution is 6.42. The van der Waals surface area contributed by atoms with Crippen LogP contribution >= 0.6 is 34.8 Å². The lowest BCUT2D eigenvalue weighted by Gasteiger charge is -2.24. The molecule has 0 saturated heterocycles. The first-order chi connectivity index (χ1) is 8.27. The maximum absolute atomic E-state index is 12.0. The monoisotopic (exact) mass is 307 g/mol. The van der Waals surface area contributed by atoms with Crippen molar-refractivity contribution in [2.75, 3.05) is 5.88 Å². The highest BCUT2D eigenvalue weighted by Gasteiger charge is 2.27. The van der Waals surface area contributed by atoms with Crippen molar-refractivity contribution in [1.29, 1.82) is 0 Å². The second-order valence-corrected chi connectivity index (χ2v) is 5.97. The van der Waals surface area contributed by atoms with Gasteiger partial charge in [-0.2, -0.15) is 0 Å². The van der Waals surface area contributed by atoms with Gasteiger partial charge in [0.2, 0.25) is 5.91 Å². The van der Waals surface area contributed by atoms with Gasteiger partial charge in [0.15, 0.2) is 0 Å². The first-order valence-electron chi connectivity index (χ1n) is 5.60. The smallest absolute Gasteiger partial charge is 0.227 e. The van der Waals surface area contributed by atoms with E-state index in [0.29, 0.717) is 10.0 Å². The van der Waals surface area contributed by atoms with Gasteiger partial charge in [0.05, 0.1) is 21.5 Å². The summed E-state index contributed by atoms with van der Waals surface area (Å²) in [6.07, 6.45) is 0. The van der Waals surface area contributed by atoms with Crippen LogP contribution in [0.3, 0.4) is 0 Å². The maximum atomic E-state index is 12.0. The largest absolute Gasteiger partial charge is 0.349 e. The van der Waals surface area contributed by atoms with Crippen molar-refractivity contribution in [2.45, 2.75) is 26.8 Å². The Balaban J connectivity index is 2.79. The minimum atomic E-state index is -0.591. The van der Waals surface area contributed by atoms with E-state index < -0.39 is 5.41 Å². The molecule has 0 radical (unpaired) electrons. The van der Waals surface area contributed by atoms with Crippen LogP contribution in [0, 0.1) is 5.41 Å². The molecule has 0 aliphatic rings. The molecule has 0 fully saturated rings. The molecule has 0 saturated carbocycles. The average molecular weight is 309 g/mol. The zero-order chi connectivity index (χ0) is 13.9. The lowest BCUT2D eigenvalue weighted by molar-refractivity contribution is -0.129. The Morgan fingerprint density at radius 2 is 1.94 bits per heavy atom. The SMILES string of the molecule is CC(NC(=O)C(C)(C)CCl)c1ccc(Cl)c(Cl)c1. The molecule has 0 heterocycles. The van der Waals surface area contributed by atoms with E-state index in [1.807, 2.05) is 13.0 Å². The summed E-state index contributed by atoms with van der Waals surface area (Å²) < 4.78 is 0.